The highest BCUT2D eigenvalue weighted by Gasteiger charge is 2.28. The summed E-state index contributed by atoms with van der Waals surface area (Å²) in [6.45, 7) is 3.14. The molecule has 0 bridgehead atoms. The minimum absolute atomic E-state index is 0. The van der Waals surface area contributed by atoms with Gasteiger partial charge >= 0.3 is 0 Å². The molecule has 0 atom stereocenters. The van der Waals surface area contributed by atoms with E-state index in [1.807, 2.05) is 6.07 Å². The Morgan fingerprint density at radius 3 is 2.43 bits per heavy atom. The summed E-state index contributed by atoms with van der Waals surface area (Å²) in [5, 5.41) is 9.74. The molecule has 0 radical (unpaired) electrons. The van der Waals surface area contributed by atoms with Crippen molar-refractivity contribution in [2.75, 3.05) is 27.6 Å². The molecule has 0 unspecified atom stereocenters. The van der Waals surface area contributed by atoms with E-state index >= 15 is 0 Å². The Bertz CT molecular complexity index is 1040. The largest absolute Gasteiger partial charge is 1.00 e. The minimum atomic E-state index is 0. The number of rotatable bonds is 2. The SMILES string of the molecule is CCO.COc1ccc2cc3[n+](cc2c1OC)CCc1cc2c(cc1-3)OCO2.O.[Cl-]. The van der Waals surface area contributed by atoms with Gasteiger partial charge in [-0.2, -0.15) is 4.57 Å². The van der Waals surface area contributed by atoms with Crippen LogP contribution in [-0.4, -0.2) is 38.2 Å². The number of fused-ring (bicyclic) bond motifs is 5. The van der Waals surface area contributed by atoms with E-state index in [0.29, 0.717) is 6.79 Å². The minimum Gasteiger partial charge on any atom is -1.00 e. The van der Waals surface area contributed by atoms with E-state index in [1.165, 1.54) is 16.8 Å². The van der Waals surface area contributed by atoms with Gasteiger partial charge in [-0.3, -0.25) is 0 Å². The van der Waals surface area contributed by atoms with Crippen molar-refractivity contribution in [1.29, 1.82) is 0 Å². The van der Waals surface area contributed by atoms with E-state index in [0.717, 1.165) is 46.7 Å². The fraction of sp³-hybridized carbons (Fsp3) is 0.318. The van der Waals surface area contributed by atoms with Crippen LogP contribution in [0, 0.1) is 0 Å². The zero-order valence-corrected chi connectivity index (χ0v) is 18.0. The predicted octanol–water partition coefficient (Wildman–Crippen LogP) is -0.726. The third kappa shape index (κ3) is 3.96. The first kappa shape index (κ1) is 23.5. The van der Waals surface area contributed by atoms with E-state index in [-0.39, 0.29) is 24.5 Å². The summed E-state index contributed by atoms with van der Waals surface area (Å²) in [6, 6.07) is 10.4. The number of halogens is 1. The molecule has 0 aliphatic carbocycles. The smallest absolute Gasteiger partial charge is 0.231 e. The highest BCUT2D eigenvalue weighted by atomic mass is 35.5. The average Bonchev–Trinajstić information content (AvgIpc) is 3.18. The fourth-order valence-electron chi connectivity index (χ4n) is 3.77. The number of ether oxygens (including phenoxy) is 4. The maximum Gasteiger partial charge on any atom is 0.231 e. The van der Waals surface area contributed by atoms with Crippen LogP contribution in [0.2, 0.25) is 0 Å². The maximum atomic E-state index is 7.57. The molecule has 2 aliphatic heterocycles. The molecule has 162 valence electrons. The van der Waals surface area contributed by atoms with Crippen molar-refractivity contribution in [2.45, 2.75) is 19.9 Å². The Kier molecular flexibility index (Phi) is 7.72. The van der Waals surface area contributed by atoms with Crippen molar-refractivity contribution < 1.29 is 46.5 Å². The summed E-state index contributed by atoms with van der Waals surface area (Å²) in [6.07, 6.45) is 3.11. The molecule has 2 aliphatic rings. The lowest BCUT2D eigenvalue weighted by Gasteiger charge is -2.17. The van der Waals surface area contributed by atoms with E-state index in [2.05, 4.69) is 35.0 Å². The second kappa shape index (κ2) is 9.84. The molecule has 1 aromatic heterocycles. The van der Waals surface area contributed by atoms with Gasteiger partial charge in [-0.05, 0) is 42.1 Å². The Labute approximate surface area is 181 Å². The third-order valence-electron chi connectivity index (χ3n) is 5.00. The molecule has 0 fully saturated rings. The van der Waals surface area contributed by atoms with Gasteiger partial charge in [0.15, 0.2) is 35.7 Å². The molecule has 0 saturated heterocycles. The molecule has 3 heterocycles. The van der Waals surface area contributed by atoms with Gasteiger partial charge in [0.05, 0.1) is 25.2 Å². The molecule has 3 aromatic rings. The number of aliphatic hydroxyl groups excluding tert-OH is 1. The number of hydrogen-bond donors (Lipinski definition) is 1. The summed E-state index contributed by atoms with van der Waals surface area (Å²) >= 11 is 0. The highest BCUT2D eigenvalue weighted by Crippen LogP contribution is 2.41. The van der Waals surface area contributed by atoms with E-state index in [1.54, 1.807) is 21.1 Å². The monoisotopic (exact) mass is 435 g/mol. The normalized spacial score (nSPS) is 12.4. The zero-order chi connectivity index (χ0) is 19.7. The molecule has 0 amide bonds. The summed E-state index contributed by atoms with van der Waals surface area (Å²) in [7, 11) is 3.34. The summed E-state index contributed by atoms with van der Waals surface area (Å²) < 4.78 is 24.4. The zero-order valence-electron chi connectivity index (χ0n) is 17.2. The van der Waals surface area contributed by atoms with Gasteiger partial charge in [0, 0.05) is 19.1 Å². The quantitative estimate of drug-likeness (QED) is 0.536. The van der Waals surface area contributed by atoms with Gasteiger partial charge < -0.3 is 41.9 Å². The standard InChI is InChI=1S/C20H18NO4.C2H6O.ClH.H2O/c1-22-17-4-3-12-7-16-14-9-19-18(24-11-25-19)8-13(14)5-6-21(16)10-15(12)20(17)23-2;1-2-3;;/h3-4,7-10H,5-6,11H2,1-2H3;3H,2H2,1H3;1H;1H2/q+1;;;/p-1. The van der Waals surface area contributed by atoms with Gasteiger partial charge in [0.25, 0.3) is 0 Å². The lowest BCUT2D eigenvalue weighted by Crippen LogP contribution is -3.00. The number of nitrogens with zero attached hydrogens (tertiary/aromatic N) is 1. The van der Waals surface area contributed by atoms with Crippen LogP contribution >= 0.6 is 0 Å². The van der Waals surface area contributed by atoms with E-state index < -0.39 is 0 Å². The van der Waals surface area contributed by atoms with Crippen LogP contribution < -0.4 is 35.9 Å². The number of benzene rings is 2. The van der Waals surface area contributed by atoms with Crippen molar-refractivity contribution in [3.05, 3.63) is 42.1 Å². The molecule has 8 heteroatoms. The molecule has 3 N–H and O–H groups in total. The van der Waals surface area contributed by atoms with Gasteiger partial charge in [-0.1, -0.05) is 0 Å². The van der Waals surface area contributed by atoms with Gasteiger partial charge in [0.1, 0.15) is 0 Å². The Hall–Kier alpha value is -2.74. The van der Waals surface area contributed by atoms with Crippen LogP contribution in [0.3, 0.4) is 0 Å². The number of aliphatic hydroxyl groups is 1. The fourth-order valence-corrected chi connectivity index (χ4v) is 3.77. The molecular formula is C22H26ClNO6. The first-order valence-corrected chi connectivity index (χ1v) is 9.32. The van der Waals surface area contributed by atoms with Crippen LogP contribution in [0.15, 0.2) is 36.5 Å². The summed E-state index contributed by atoms with van der Waals surface area (Å²) in [5.41, 5.74) is 3.68. The second-order valence-corrected chi connectivity index (χ2v) is 6.58. The Morgan fingerprint density at radius 1 is 1.07 bits per heavy atom. The van der Waals surface area contributed by atoms with Crippen LogP contribution in [0.25, 0.3) is 22.0 Å². The number of aryl methyl sites for hydroxylation is 2. The number of pyridine rings is 1. The summed E-state index contributed by atoms with van der Waals surface area (Å²) in [5.74, 6) is 3.18. The number of aromatic nitrogens is 1. The third-order valence-corrected chi connectivity index (χ3v) is 5.00. The van der Waals surface area contributed by atoms with Crippen LogP contribution in [0.5, 0.6) is 23.0 Å². The van der Waals surface area contributed by atoms with Crippen molar-refractivity contribution in [3.8, 4) is 34.3 Å². The van der Waals surface area contributed by atoms with Crippen LogP contribution in [-0.2, 0) is 13.0 Å². The van der Waals surface area contributed by atoms with Crippen LogP contribution in [0.4, 0.5) is 0 Å². The van der Waals surface area contributed by atoms with Gasteiger partial charge in [0.2, 0.25) is 12.5 Å². The Balaban J connectivity index is 0.000000607. The molecule has 0 saturated carbocycles. The van der Waals surface area contributed by atoms with Crippen molar-refractivity contribution in [2.24, 2.45) is 0 Å². The lowest BCUT2D eigenvalue weighted by atomic mass is 9.95. The first-order valence-electron chi connectivity index (χ1n) is 9.32. The molecular weight excluding hydrogens is 410 g/mol. The first-order chi connectivity index (χ1) is 13.7. The molecule has 7 nitrogen and oxygen atoms in total. The predicted molar refractivity (Wildman–Crippen MR) is 109 cm³/mol. The van der Waals surface area contributed by atoms with E-state index in [4.69, 9.17) is 24.1 Å². The van der Waals surface area contributed by atoms with Crippen molar-refractivity contribution in [3.63, 3.8) is 0 Å². The molecule has 0 spiro atoms. The van der Waals surface area contributed by atoms with Crippen molar-refractivity contribution >= 4 is 10.8 Å². The maximum absolute atomic E-state index is 7.57. The lowest BCUT2D eigenvalue weighted by molar-refractivity contribution is -0.686. The van der Waals surface area contributed by atoms with E-state index in [9.17, 15) is 0 Å². The van der Waals surface area contributed by atoms with Gasteiger partial charge in [-0.25, -0.2) is 0 Å². The van der Waals surface area contributed by atoms with Crippen molar-refractivity contribution in [1.82, 2.24) is 0 Å². The number of hydrogen-bond acceptors (Lipinski definition) is 5. The number of methoxy groups -OCH3 is 2. The average molecular weight is 436 g/mol. The highest BCUT2D eigenvalue weighted by molar-refractivity contribution is 5.91. The van der Waals surface area contributed by atoms with Gasteiger partial charge in [-0.15, -0.1) is 0 Å². The molecule has 5 rings (SSSR count). The second-order valence-electron chi connectivity index (χ2n) is 6.58. The topological polar surface area (TPSA) is 92.5 Å². The summed E-state index contributed by atoms with van der Waals surface area (Å²) in [4.78, 5) is 0. The Morgan fingerprint density at radius 2 is 1.77 bits per heavy atom. The molecule has 30 heavy (non-hydrogen) atoms. The van der Waals surface area contributed by atoms with Crippen LogP contribution in [0.1, 0.15) is 12.5 Å². The molecule has 2 aromatic carbocycles.